The summed E-state index contributed by atoms with van der Waals surface area (Å²) < 4.78 is 0. The minimum absolute atomic E-state index is 0.108. The van der Waals surface area contributed by atoms with Crippen molar-refractivity contribution in [3.8, 4) is 11.5 Å². The number of nitrogens with zero attached hydrogens (tertiary/aromatic N) is 3. The number of anilines is 1. The lowest BCUT2D eigenvalue weighted by Gasteiger charge is -2.12. The van der Waals surface area contributed by atoms with Gasteiger partial charge in [0.2, 0.25) is 0 Å². The zero-order valence-electron chi connectivity index (χ0n) is 10.6. The molecule has 7 nitrogen and oxygen atoms in total. The Bertz CT molecular complexity index is 756. The Hall–Kier alpha value is -2.83. The van der Waals surface area contributed by atoms with Gasteiger partial charge >= 0.3 is 6.03 Å². The van der Waals surface area contributed by atoms with Crippen LogP contribution in [0.2, 0.25) is 0 Å². The van der Waals surface area contributed by atoms with Crippen molar-refractivity contribution in [2.75, 3.05) is 18.0 Å². The number of urea groups is 1. The third kappa shape index (κ3) is 1.56. The molecule has 2 aromatic heterocycles. The quantitative estimate of drug-likeness (QED) is 0.657. The Morgan fingerprint density at radius 2 is 2.15 bits per heavy atom. The van der Waals surface area contributed by atoms with Crippen LogP contribution in [0.15, 0.2) is 30.5 Å². The molecule has 1 saturated heterocycles. The molecule has 1 aromatic carbocycles. The highest BCUT2D eigenvalue weighted by molar-refractivity contribution is 5.97. The van der Waals surface area contributed by atoms with Crippen LogP contribution in [0.5, 0.6) is 0 Å². The van der Waals surface area contributed by atoms with Crippen molar-refractivity contribution >= 4 is 22.8 Å². The normalized spacial score (nSPS) is 15.0. The molecule has 1 aliphatic rings. The molecule has 0 unspecified atom stereocenters. The molecule has 3 N–H and O–H groups in total. The molecule has 1 aliphatic heterocycles. The molecular formula is C13H12N6O. The Morgan fingerprint density at radius 3 is 2.95 bits per heavy atom. The van der Waals surface area contributed by atoms with Gasteiger partial charge in [-0.05, 0) is 12.1 Å². The number of rotatable bonds is 2. The third-order valence-corrected chi connectivity index (χ3v) is 3.38. The summed E-state index contributed by atoms with van der Waals surface area (Å²) in [5, 5.41) is 9.81. The lowest BCUT2D eigenvalue weighted by Crippen LogP contribution is -2.27. The molecule has 0 spiro atoms. The Labute approximate surface area is 114 Å². The number of nitrogens with one attached hydrogen (secondary N) is 3. The number of imidazole rings is 1. The molecular weight excluding hydrogens is 256 g/mol. The Balaban J connectivity index is 1.82. The van der Waals surface area contributed by atoms with E-state index in [4.69, 9.17) is 0 Å². The van der Waals surface area contributed by atoms with Crippen molar-refractivity contribution in [3.63, 3.8) is 0 Å². The van der Waals surface area contributed by atoms with Gasteiger partial charge in [0.1, 0.15) is 0 Å². The number of aromatic nitrogens is 4. The van der Waals surface area contributed by atoms with E-state index in [2.05, 4.69) is 25.5 Å². The van der Waals surface area contributed by atoms with E-state index in [0.29, 0.717) is 24.6 Å². The van der Waals surface area contributed by atoms with Crippen LogP contribution in [-0.4, -0.2) is 39.3 Å². The van der Waals surface area contributed by atoms with Gasteiger partial charge in [0.25, 0.3) is 0 Å². The molecule has 20 heavy (non-hydrogen) atoms. The summed E-state index contributed by atoms with van der Waals surface area (Å²) in [4.78, 5) is 21.2. The summed E-state index contributed by atoms with van der Waals surface area (Å²) >= 11 is 0. The average Bonchev–Trinajstić information content (AvgIpc) is 3.15. The molecule has 3 heterocycles. The van der Waals surface area contributed by atoms with Gasteiger partial charge in [-0.15, -0.1) is 0 Å². The maximum atomic E-state index is 11.8. The highest BCUT2D eigenvalue weighted by Crippen LogP contribution is 2.28. The number of para-hydroxylation sites is 2. The first kappa shape index (κ1) is 11.0. The van der Waals surface area contributed by atoms with E-state index >= 15 is 0 Å². The summed E-state index contributed by atoms with van der Waals surface area (Å²) in [6.45, 7) is 1.27. The summed E-state index contributed by atoms with van der Waals surface area (Å²) in [6.07, 6.45) is 1.72. The second-order valence-corrected chi connectivity index (χ2v) is 4.61. The van der Waals surface area contributed by atoms with E-state index in [1.165, 1.54) is 0 Å². The minimum atomic E-state index is -0.108. The summed E-state index contributed by atoms with van der Waals surface area (Å²) in [7, 11) is 0. The number of fused-ring (bicyclic) bond motifs is 1. The Kier molecular flexibility index (Phi) is 2.26. The van der Waals surface area contributed by atoms with Crippen molar-refractivity contribution in [3.05, 3.63) is 30.5 Å². The number of amides is 2. The predicted octanol–water partition coefficient (Wildman–Crippen LogP) is 1.48. The number of hydrogen-bond acceptors (Lipinski definition) is 3. The van der Waals surface area contributed by atoms with Crippen LogP contribution in [-0.2, 0) is 0 Å². The smallest absolute Gasteiger partial charge is 0.322 e. The minimum Gasteiger partial charge on any atom is -0.337 e. The molecule has 0 bridgehead atoms. The van der Waals surface area contributed by atoms with Crippen LogP contribution in [0.3, 0.4) is 0 Å². The SMILES string of the molecule is O=C1NCCN1c1c[nH]nc1-c1nc2ccccc2[nH]1. The fourth-order valence-corrected chi connectivity index (χ4v) is 2.43. The largest absolute Gasteiger partial charge is 0.337 e. The monoisotopic (exact) mass is 268 g/mol. The maximum Gasteiger partial charge on any atom is 0.322 e. The van der Waals surface area contributed by atoms with Gasteiger partial charge in [0.15, 0.2) is 11.5 Å². The first-order chi connectivity index (χ1) is 9.83. The van der Waals surface area contributed by atoms with Crippen LogP contribution in [0.1, 0.15) is 0 Å². The van der Waals surface area contributed by atoms with Gasteiger partial charge in [-0.25, -0.2) is 9.78 Å². The topological polar surface area (TPSA) is 89.7 Å². The molecule has 0 radical (unpaired) electrons. The fourth-order valence-electron chi connectivity index (χ4n) is 2.43. The van der Waals surface area contributed by atoms with Crippen molar-refractivity contribution in [1.29, 1.82) is 0 Å². The van der Waals surface area contributed by atoms with E-state index in [1.807, 2.05) is 24.3 Å². The summed E-state index contributed by atoms with van der Waals surface area (Å²) in [6, 6.07) is 7.67. The van der Waals surface area contributed by atoms with Crippen LogP contribution in [0.4, 0.5) is 10.5 Å². The third-order valence-electron chi connectivity index (χ3n) is 3.38. The standard InChI is InChI=1S/C13H12N6O/c20-13-14-5-6-19(13)10-7-15-18-11(10)12-16-8-3-1-2-4-9(8)17-12/h1-4,7H,5-6H2,(H,14,20)(H,15,18)(H,16,17). The van der Waals surface area contributed by atoms with E-state index in [1.54, 1.807) is 11.1 Å². The van der Waals surface area contributed by atoms with Gasteiger partial charge in [0.05, 0.1) is 16.7 Å². The number of carbonyl (C=O) groups is 1. The van der Waals surface area contributed by atoms with E-state index in [-0.39, 0.29) is 6.03 Å². The number of aromatic amines is 2. The zero-order chi connectivity index (χ0) is 13.5. The molecule has 1 fully saturated rings. The number of hydrogen-bond donors (Lipinski definition) is 3. The summed E-state index contributed by atoms with van der Waals surface area (Å²) in [5.74, 6) is 0.655. The first-order valence-electron chi connectivity index (χ1n) is 6.37. The van der Waals surface area contributed by atoms with Gasteiger partial charge in [-0.3, -0.25) is 10.00 Å². The van der Waals surface area contributed by atoms with Crippen LogP contribution < -0.4 is 10.2 Å². The summed E-state index contributed by atoms with van der Waals surface area (Å²) in [5.41, 5.74) is 3.21. The van der Waals surface area contributed by atoms with Crippen molar-refractivity contribution in [2.45, 2.75) is 0 Å². The van der Waals surface area contributed by atoms with Crippen molar-refractivity contribution < 1.29 is 4.79 Å². The first-order valence-corrected chi connectivity index (χ1v) is 6.37. The van der Waals surface area contributed by atoms with Crippen molar-refractivity contribution in [1.82, 2.24) is 25.5 Å². The number of benzene rings is 1. The zero-order valence-corrected chi connectivity index (χ0v) is 10.6. The highest BCUT2D eigenvalue weighted by Gasteiger charge is 2.26. The van der Waals surface area contributed by atoms with Crippen LogP contribution >= 0.6 is 0 Å². The average molecular weight is 268 g/mol. The number of carbonyl (C=O) groups excluding carboxylic acids is 1. The fraction of sp³-hybridized carbons (Fsp3) is 0.154. The van der Waals surface area contributed by atoms with Gasteiger partial charge < -0.3 is 10.3 Å². The molecule has 0 saturated carbocycles. The second-order valence-electron chi connectivity index (χ2n) is 4.61. The molecule has 0 aliphatic carbocycles. The highest BCUT2D eigenvalue weighted by atomic mass is 16.2. The molecule has 2 amide bonds. The van der Waals surface area contributed by atoms with Crippen LogP contribution in [0.25, 0.3) is 22.6 Å². The van der Waals surface area contributed by atoms with E-state index in [9.17, 15) is 4.79 Å². The van der Waals surface area contributed by atoms with Gasteiger partial charge in [0, 0.05) is 19.3 Å². The molecule has 7 heteroatoms. The van der Waals surface area contributed by atoms with Crippen molar-refractivity contribution in [2.24, 2.45) is 0 Å². The molecule has 0 atom stereocenters. The Morgan fingerprint density at radius 1 is 1.25 bits per heavy atom. The molecule has 4 rings (SSSR count). The van der Waals surface area contributed by atoms with E-state index in [0.717, 1.165) is 16.7 Å². The lowest BCUT2D eigenvalue weighted by atomic mass is 10.3. The maximum absolute atomic E-state index is 11.8. The second kappa shape index (κ2) is 4.09. The van der Waals surface area contributed by atoms with Gasteiger partial charge in [-0.2, -0.15) is 5.10 Å². The molecule has 100 valence electrons. The predicted molar refractivity (Wildman–Crippen MR) is 74.4 cm³/mol. The van der Waals surface area contributed by atoms with E-state index < -0.39 is 0 Å². The number of H-pyrrole nitrogens is 2. The lowest BCUT2D eigenvalue weighted by molar-refractivity contribution is 0.252. The molecule has 3 aromatic rings. The van der Waals surface area contributed by atoms with Gasteiger partial charge in [-0.1, -0.05) is 12.1 Å². The van der Waals surface area contributed by atoms with Crippen LogP contribution in [0, 0.1) is 0 Å².